The zero-order valence-electron chi connectivity index (χ0n) is 13.8. The minimum atomic E-state index is -0.305. The molecule has 6 nitrogen and oxygen atoms in total. The molecule has 132 valence electrons. The maximum absolute atomic E-state index is 12.7. The lowest BCUT2D eigenvalue weighted by atomic mass is 10.2. The molecular weight excluding hydrogens is 372 g/mol. The molecule has 1 aromatic heterocycles. The van der Waals surface area contributed by atoms with Crippen LogP contribution in [0.15, 0.2) is 58.4 Å². The molecule has 0 radical (unpaired) electrons. The summed E-state index contributed by atoms with van der Waals surface area (Å²) in [7, 11) is 1.62. The van der Waals surface area contributed by atoms with Crippen molar-refractivity contribution in [2.45, 2.75) is 6.17 Å². The van der Waals surface area contributed by atoms with E-state index in [-0.39, 0.29) is 11.7 Å². The Balaban J connectivity index is 1.67. The maximum atomic E-state index is 12.7. The summed E-state index contributed by atoms with van der Waals surface area (Å²) < 4.78 is 7.22. The highest BCUT2D eigenvalue weighted by Crippen LogP contribution is 2.16. The van der Waals surface area contributed by atoms with E-state index in [1.54, 1.807) is 19.2 Å². The van der Waals surface area contributed by atoms with Crippen LogP contribution in [0.25, 0.3) is 6.08 Å². The number of benzene rings is 2. The lowest BCUT2D eigenvalue weighted by molar-refractivity contribution is 0.415. The SMILES string of the molecule is COc1ccc(/C=c2/sc3n(c2=O)NC(c2ccc(Cl)cc2)NN=3)cc1. The van der Waals surface area contributed by atoms with Crippen LogP contribution in [0.1, 0.15) is 17.3 Å². The first-order valence-corrected chi connectivity index (χ1v) is 9.06. The third kappa shape index (κ3) is 3.18. The van der Waals surface area contributed by atoms with Crippen molar-refractivity contribution in [3.05, 3.63) is 84.4 Å². The minimum Gasteiger partial charge on any atom is -0.497 e. The minimum absolute atomic E-state index is 0.134. The Morgan fingerprint density at radius 1 is 1.19 bits per heavy atom. The van der Waals surface area contributed by atoms with E-state index in [0.717, 1.165) is 16.9 Å². The number of rotatable bonds is 3. The van der Waals surface area contributed by atoms with E-state index in [0.29, 0.717) is 14.4 Å². The Labute approximate surface area is 158 Å². The zero-order chi connectivity index (χ0) is 18.1. The van der Waals surface area contributed by atoms with Gasteiger partial charge in [0, 0.05) is 5.02 Å². The molecule has 0 saturated carbocycles. The highest BCUT2D eigenvalue weighted by atomic mass is 35.5. The third-order valence-corrected chi connectivity index (χ3v) is 5.19. The fourth-order valence-electron chi connectivity index (χ4n) is 2.60. The van der Waals surface area contributed by atoms with Crippen LogP contribution < -0.4 is 30.5 Å². The van der Waals surface area contributed by atoms with Gasteiger partial charge in [0.2, 0.25) is 4.80 Å². The lowest BCUT2D eigenvalue weighted by Gasteiger charge is -2.22. The maximum Gasteiger partial charge on any atom is 0.289 e. The summed E-state index contributed by atoms with van der Waals surface area (Å²) in [6.45, 7) is 0. The second-order valence-electron chi connectivity index (χ2n) is 5.66. The Morgan fingerprint density at radius 2 is 1.92 bits per heavy atom. The molecule has 2 aromatic carbocycles. The van der Waals surface area contributed by atoms with Crippen molar-refractivity contribution in [1.82, 2.24) is 10.1 Å². The average molecular weight is 387 g/mol. The van der Waals surface area contributed by atoms with Gasteiger partial charge in [0.1, 0.15) is 5.75 Å². The van der Waals surface area contributed by atoms with E-state index >= 15 is 0 Å². The van der Waals surface area contributed by atoms with Gasteiger partial charge in [-0.3, -0.25) is 15.6 Å². The number of methoxy groups -OCH3 is 1. The first-order valence-electron chi connectivity index (χ1n) is 7.87. The van der Waals surface area contributed by atoms with Gasteiger partial charge in [0.25, 0.3) is 5.56 Å². The molecule has 1 aliphatic heterocycles. The lowest BCUT2D eigenvalue weighted by Crippen LogP contribution is -2.47. The van der Waals surface area contributed by atoms with E-state index in [4.69, 9.17) is 16.3 Å². The summed E-state index contributed by atoms with van der Waals surface area (Å²) in [6, 6.07) is 14.9. The molecule has 2 heterocycles. The topological polar surface area (TPSA) is 67.7 Å². The normalized spacial score (nSPS) is 16.2. The van der Waals surface area contributed by atoms with Gasteiger partial charge in [0.15, 0.2) is 6.17 Å². The van der Waals surface area contributed by atoms with Crippen LogP contribution in [-0.2, 0) is 0 Å². The summed E-state index contributed by atoms with van der Waals surface area (Å²) in [6.07, 6.45) is 1.53. The van der Waals surface area contributed by atoms with Crippen LogP contribution in [0.4, 0.5) is 0 Å². The fourth-order valence-corrected chi connectivity index (χ4v) is 3.62. The van der Waals surface area contributed by atoms with E-state index in [9.17, 15) is 4.79 Å². The number of fused-ring (bicyclic) bond motifs is 1. The molecular formula is C18H15ClN4O2S. The monoisotopic (exact) mass is 386 g/mol. The van der Waals surface area contributed by atoms with Crippen LogP contribution in [-0.4, -0.2) is 11.8 Å². The standard InChI is InChI=1S/C18H15ClN4O2S/c1-25-14-8-2-11(3-9-14)10-15-17(24)23-18(26-15)21-20-16(22-23)12-4-6-13(19)7-5-12/h2-10,16,20,22H,1H3/b15-10+. The van der Waals surface area contributed by atoms with Crippen LogP contribution >= 0.6 is 22.9 Å². The number of nitrogens with zero attached hydrogens (tertiary/aromatic N) is 2. The largest absolute Gasteiger partial charge is 0.497 e. The van der Waals surface area contributed by atoms with Crippen molar-refractivity contribution in [3.63, 3.8) is 0 Å². The predicted molar refractivity (Wildman–Crippen MR) is 103 cm³/mol. The first-order chi connectivity index (χ1) is 12.6. The number of nitrogens with one attached hydrogen (secondary N) is 2. The number of aromatic nitrogens is 1. The molecule has 0 aliphatic carbocycles. The van der Waals surface area contributed by atoms with Crippen molar-refractivity contribution < 1.29 is 4.74 Å². The van der Waals surface area contributed by atoms with E-state index in [1.165, 1.54) is 16.0 Å². The number of thiazole rings is 1. The van der Waals surface area contributed by atoms with Gasteiger partial charge in [-0.15, -0.1) is 5.10 Å². The van der Waals surface area contributed by atoms with Gasteiger partial charge in [-0.05, 0) is 41.5 Å². The number of hydrogen-bond donors (Lipinski definition) is 2. The quantitative estimate of drug-likeness (QED) is 0.720. The van der Waals surface area contributed by atoms with Gasteiger partial charge in [0.05, 0.1) is 11.6 Å². The first kappa shape index (κ1) is 16.7. The summed E-state index contributed by atoms with van der Waals surface area (Å²) in [4.78, 5) is 13.3. The van der Waals surface area contributed by atoms with Gasteiger partial charge < -0.3 is 4.74 Å². The zero-order valence-corrected chi connectivity index (χ0v) is 15.3. The molecule has 1 atom stereocenters. The van der Waals surface area contributed by atoms with Crippen LogP contribution in [0.5, 0.6) is 5.75 Å². The molecule has 1 unspecified atom stereocenters. The van der Waals surface area contributed by atoms with E-state index in [2.05, 4.69) is 16.0 Å². The Kier molecular flexibility index (Phi) is 4.40. The van der Waals surface area contributed by atoms with Crippen molar-refractivity contribution in [2.75, 3.05) is 12.5 Å². The van der Waals surface area contributed by atoms with Crippen LogP contribution in [0.3, 0.4) is 0 Å². The van der Waals surface area contributed by atoms with Crippen LogP contribution in [0, 0.1) is 0 Å². The highest BCUT2D eigenvalue weighted by Gasteiger charge is 2.17. The van der Waals surface area contributed by atoms with Crippen molar-refractivity contribution in [3.8, 4) is 5.75 Å². The molecule has 2 N–H and O–H groups in total. The highest BCUT2D eigenvalue weighted by molar-refractivity contribution is 7.07. The van der Waals surface area contributed by atoms with E-state index in [1.807, 2.05) is 42.5 Å². The molecule has 8 heteroatoms. The summed E-state index contributed by atoms with van der Waals surface area (Å²) in [5.74, 6) is 0.774. The Morgan fingerprint density at radius 3 is 2.62 bits per heavy atom. The molecule has 1 aliphatic rings. The van der Waals surface area contributed by atoms with Crippen LogP contribution in [0.2, 0.25) is 5.02 Å². The average Bonchev–Trinajstić information content (AvgIpc) is 2.98. The van der Waals surface area contributed by atoms with Gasteiger partial charge in [-0.2, -0.15) is 4.68 Å². The van der Waals surface area contributed by atoms with Gasteiger partial charge in [-0.25, -0.2) is 0 Å². The van der Waals surface area contributed by atoms with Crippen molar-refractivity contribution in [2.24, 2.45) is 5.10 Å². The molecule has 0 fully saturated rings. The number of halogens is 1. The van der Waals surface area contributed by atoms with E-state index < -0.39 is 0 Å². The summed E-state index contributed by atoms with van der Waals surface area (Å²) >= 11 is 7.24. The number of ether oxygens (including phenoxy) is 1. The Hall–Kier alpha value is -2.77. The molecule has 4 rings (SSSR count). The summed E-state index contributed by atoms with van der Waals surface area (Å²) in [5, 5.41) is 4.98. The Bertz CT molecular complexity index is 1100. The second-order valence-corrected chi connectivity index (χ2v) is 7.11. The second kappa shape index (κ2) is 6.86. The molecule has 0 amide bonds. The summed E-state index contributed by atoms with van der Waals surface area (Å²) in [5.41, 5.74) is 7.89. The van der Waals surface area contributed by atoms with Crippen molar-refractivity contribution >= 4 is 29.0 Å². The molecule has 0 bridgehead atoms. The number of hydrogen-bond acceptors (Lipinski definition) is 6. The van der Waals surface area contributed by atoms with Gasteiger partial charge in [-0.1, -0.05) is 47.2 Å². The fraction of sp³-hybridized carbons (Fsp3) is 0.111. The molecule has 0 saturated heterocycles. The molecule has 26 heavy (non-hydrogen) atoms. The molecule has 3 aromatic rings. The predicted octanol–water partition coefficient (Wildman–Crippen LogP) is 1.78. The smallest absolute Gasteiger partial charge is 0.289 e. The molecule has 0 spiro atoms. The van der Waals surface area contributed by atoms with Crippen molar-refractivity contribution in [1.29, 1.82) is 0 Å². The third-order valence-electron chi connectivity index (χ3n) is 3.97. The van der Waals surface area contributed by atoms with Gasteiger partial charge >= 0.3 is 0 Å².